The van der Waals surface area contributed by atoms with Gasteiger partial charge in [0.2, 0.25) is 0 Å². The molecule has 5 heteroatoms. The largest absolute Gasteiger partial charge is 0.417 e. The lowest BCUT2D eigenvalue weighted by atomic mass is 9.92. The highest BCUT2D eigenvalue weighted by molar-refractivity contribution is 7.99. The zero-order chi connectivity index (χ0) is 17.3. The molecular formula is C19H18F3NS. The highest BCUT2D eigenvalue weighted by atomic mass is 32.2. The molecule has 3 rings (SSSR count). The average molecular weight is 349 g/mol. The Labute approximate surface area is 144 Å². The summed E-state index contributed by atoms with van der Waals surface area (Å²) in [6.45, 7) is 0.794. The summed E-state index contributed by atoms with van der Waals surface area (Å²) in [5.41, 5.74) is 1.32. The fraction of sp³-hybridized carbons (Fsp3) is 0.263. The third-order valence-corrected chi connectivity index (χ3v) is 5.06. The first-order chi connectivity index (χ1) is 11.4. The number of hydrogen-bond donors (Lipinski definition) is 0. The van der Waals surface area contributed by atoms with E-state index in [4.69, 9.17) is 0 Å². The maximum absolute atomic E-state index is 13.5. The average Bonchev–Trinajstić information content (AvgIpc) is 2.52. The minimum Gasteiger partial charge on any atom is -0.309 e. The minimum absolute atomic E-state index is 0.312. The molecule has 0 unspecified atom stereocenters. The Morgan fingerprint density at radius 2 is 1.71 bits per heavy atom. The van der Waals surface area contributed by atoms with Crippen molar-refractivity contribution in [1.82, 2.24) is 4.90 Å². The van der Waals surface area contributed by atoms with Crippen LogP contribution in [0.1, 0.15) is 23.1 Å². The van der Waals surface area contributed by atoms with Crippen LogP contribution in [0.2, 0.25) is 0 Å². The van der Waals surface area contributed by atoms with Crippen molar-refractivity contribution in [2.24, 2.45) is 0 Å². The first-order valence-electron chi connectivity index (χ1n) is 7.70. The van der Waals surface area contributed by atoms with Crippen LogP contribution in [-0.4, -0.2) is 25.5 Å². The molecule has 0 saturated heterocycles. The summed E-state index contributed by atoms with van der Waals surface area (Å²) in [7, 11) is 3.91. The van der Waals surface area contributed by atoms with Gasteiger partial charge in [0.25, 0.3) is 0 Å². The Morgan fingerprint density at radius 1 is 1.00 bits per heavy atom. The molecule has 0 aliphatic carbocycles. The second-order valence-electron chi connectivity index (χ2n) is 5.98. The molecular weight excluding hydrogens is 331 g/mol. The lowest BCUT2D eigenvalue weighted by Crippen LogP contribution is -2.14. The molecule has 1 nitrogen and oxygen atoms in total. The Kier molecular flexibility index (Phi) is 4.74. The number of benzene rings is 2. The maximum Gasteiger partial charge on any atom is 0.417 e. The molecule has 2 aromatic carbocycles. The van der Waals surface area contributed by atoms with Crippen molar-refractivity contribution in [2.45, 2.75) is 22.4 Å². The molecule has 0 aromatic heterocycles. The van der Waals surface area contributed by atoms with E-state index in [1.54, 1.807) is 6.07 Å². The Morgan fingerprint density at radius 3 is 2.42 bits per heavy atom. The normalized spacial score (nSPS) is 15.5. The molecule has 1 heterocycles. The second-order valence-corrected chi connectivity index (χ2v) is 7.07. The van der Waals surface area contributed by atoms with Crippen molar-refractivity contribution in [3.63, 3.8) is 0 Å². The van der Waals surface area contributed by atoms with Gasteiger partial charge in [-0.05, 0) is 49.9 Å². The van der Waals surface area contributed by atoms with Crippen LogP contribution in [0.25, 0.3) is 5.57 Å². The van der Waals surface area contributed by atoms with Crippen LogP contribution < -0.4 is 0 Å². The van der Waals surface area contributed by atoms with Gasteiger partial charge in [-0.15, -0.1) is 0 Å². The Bertz CT molecular complexity index is 778. The van der Waals surface area contributed by atoms with Crippen LogP contribution in [0.4, 0.5) is 13.2 Å². The standard InChI is InChI=1S/C19H18F3NS/c1-23(2)12-6-8-14-13-7-3-4-10-16(13)24-17-11-5-9-15(18(14)17)19(20,21)22/h3-5,7-11H,6,12H2,1-2H3. The molecule has 1 aliphatic heterocycles. The van der Waals surface area contributed by atoms with Crippen LogP contribution in [0.3, 0.4) is 0 Å². The Balaban J connectivity index is 2.17. The fourth-order valence-electron chi connectivity index (χ4n) is 2.84. The number of halogens is 3. The van der Waals surface area contributed by atoms with E-state index in [9.17, 15) is 13.2 Å². The number of alkyl halides is 3. The lowest BCUT2D eigenvalue weighted by molar-refractivity contribution is -0.137. The van der Waals surface area contributed by atoms with E-state index in [2.05, 4.69) is 0 Å². The van der Waals surface area contributed by atoms with Crippen LogP contribution >= 0.6 is 11.8 Å². The number of rotatable bonds is 3. The molecule has 0 atom stereocenters. The topological polar surface area (TPSA) is 3.24 Å². The highest BCUT2D eigenvalue weighted by Gasteiger charge is 2.37. The molecule has 1 aliphatic rings. The molecule has 126 valence electrons. The molecule has 0 fully saturated rings. The van der Waals surface area contributed by atoms with Gasteiger partial charge in [-0.1, -0.05) is 42.1 Å². The first kappa shape index (κ1) is 17.1. The summed E-state index contributed by atoms with van der Waals surface area (Å²) in [5, 5.41) is 0. The highest BCUT2D eigenvalue weighted by Crippen LogP contribution is 2.49. The smallest absolute Gasteiger partial charge is 0.309 e. The second kappa shape index (κ2) is 6.65. The summed E-state index contributed by atoms with van der Waals surface area (Å²) in [4.78, 5) is 3.69. The molecule has 24 heavy (non-hydrogen) atoms. The van der Waals surface area contributed by atoms with Gasteiger partial charge in [0, 0.05) is 21.9 Å². The van der Waals surface area contributed by atoms with Gasteiger partial charge >= 0.3 is 6.18 Å². The molecule has 0 saturated carbocycles. The van der Waals surface area contributed by atoms with Crippen molar-refractivity contribution < 1.29 is 13.2 Å². The monoisotopic (exact) mass is 349 g/mol. The van der Waals surface area contributed by atoms with E-state index >= 15 is 0 Å². The van der Waals surface area contributed by atoms with E-state index in [1.807, 2.05) is 49.3 Å². The van der Waals surface area contributed by atoms with Crippen LogP contribution in [-0.2, 0) is 6.18 Å². The van der Waals surface area contributed by atoms with E-state index in [1.165, 1.54) is 23.9 Å². The summed E-state index contributed by atoms with van der Waals surface area (Å²) in [6, 6.07) is 12.1. The zero-order valence-corrected chi connectivity index (χ0v) is 14.3. The summed E-state index contributed by atoms with van der Waals surface area (Å²) in [6.07, 6.45) is -1.72. The minimum atomic E-state index is -4.36. The predicted molar refractivity (Wildman–Crippen MR) is 92.3 cm³/mol. The van der Waals surface area contributed by atoms with Gasteiger partial charge in [-0.3, -0.25) is 0 Å². The summed E-state index contributed by atoms with van der Waals surface area (Å²) < 4.78 is 40.6. The number of fused-ring (bicyclic) bond motifs is 2. The van der Waals surface area contributed by atoms with Crippen molar-refractivity contribution in [3.05, 3.63) is 65.2 Å². The lowest BCUT2D eigenvalue weighted by Gasteiger charge is -2.25. The van der Waals surface area contributed by atoms with Crippen molar-refractivity contribution >= 4 is 17.3 Å². The molecule has 0 radical (unpaired) electrons. The first-order valence-corrected chi connectivity index (χ1v) is 8.52. The predicted octanol–water partition coefficient (Wildman–Crippen LogP) is 5.55. The van der Waals surface area contributed by atoms with Gasteiger partial charge in [0.1, 0.15) is 0 Å². The quantitative estimate of drug-likeness (QED) is 0.609. The SMILES string of the molecule is CN(C)CCC=C1c2ccccc2Sc2cccc(C(F)(F)F)c21. The maximum atomic E-state index is 13.5. The Hall–Kier alpha value is -1.72. The van der Waals surface area contributed by atoms with E-state index in [0.717, 1.165) is 17.0 Å². The van der Waals surface area contributed by atoms with Crippen molar-refractivity contribution in [3.8, 4) is 0 Å². The third-order valence-electron chi connectivity index (χ3n) is 3.92. The van der Waals surface area contributed by atoms with Crippen LogP contribution in [0, 0.1) is 0 Å². The molecule has 0 spiro atoms. The van der Waals surface area contributed by atoms with Gasteiger partial charge in [0.05, 0.1) is 5.56 Å². The number of nitrogens with zero attached hydrogens (tertiary/aromatic N) is 1. The van der Waals surface area contributed by atoms with Gasteiger partial charge in [0.15, 0.2) is 0 Å². The van der Waals surface area contributed by atoms with Crippen LogP contribution in [0.5, 0.6) is 0 Å². The molecule has 0 N–H and O–H groups in total. The van der Waals surface area contributed by atoms with Crippen LogP contribution in [0.15, 0.2) is 58.3 Å². The molecule has 0 bridgehead atoms. The van der Waals surface area contributed by atoms with Crippen molar-refractivity contribution in [2.75, 3.05) is 20.6 Å². The fourth-order valence-corrected chi connectivity index (χ4v) is 3.98. The van der Waals surface area contributed by atoms with E-state index < -0.39 is 11.7 Å². The third kappa shape index (κ3) is 3.37. The molecule has 2 aromatic rings. The van der Waals surface area contributed by atoms with E-state index in [-0.39, 0.29) is 0 Å². The summed E-state index contributed by atoms with van der Waals surface area (Å²) in [5.74, 6) is 0. The van der Waals surface area contributed by atoms with E-state index in [0.29, 0.717) is 22.5 Å². The van der Waals surface area contributed by atoms with Crippen molar-refractivity contribution in [1.29, 1.82) is 0 Å². The molecule has 0 amide bonds. The number of hydrogen-bond acceptors (Lipinski definition) is 2. The van der Waals surface area contributed by atoms with Gasteiger partial charge < -0.3 is 4.90 Å². The van der Waals surface area contributed by atoms with Gasteiger partial charge in [-0.25, -0.2) is 0 Å². The van der Waals surface area contributed by atoms with Gasteiger partial charge in [-0.2, -0.15) is 13.2 Å². The summed E-state index contributed by atoms with van der Waals surface area (Å²) >= 11 is 1.41. The zero-order valence-electron chi connectivity index (χ0n) is 13.5.